The maximum absolute atomic E-state index is 13.1. The van der Waals surface area contributed by atoms with Gasteiger partial charge < -0.3 is 10.6 Å². The molecule has 1 aromatic carbocycles. The van der Waals surface area contributed by atoms with Crippen LogP contribution < -0.4 is 10.6 Å². The van der Waals surface area contributed by atoms with Crippen molar-refractivity contribution in [2.45, 2.75) is 32.4 Å². The Morgan fingerprint density at radius 1 is 1.17 bits per heavy atom. The summed E-state index contributed by atoms with van der Waals surface area (Å²) in [6.45, 7) is 3.19. The number of urea groups is 1. The lowest BCUT2D eigenvalue weighted by atomic mass is 9.87. The fourth-order valence-corrected chi connectivity index (χ4v) is 4.20. The van der Waals surface area contributed by atoms with E-state index < -0.39 is 17.5 Å². The van der Waals surface area contributed by atoms with Gasteiger partial charge in [0.2, 0.25) is 5.91 Å². The van der Waals surface area contributed by atoms with Crippen molar-refractivity contribution in [1.29, 1.82) is 0 Å². The minimum Gasteiger partial charge on any atom is -0.351 e. The SMILES string of the molecule is CCC1(c2ccc(Cl)cc2)NC(=O)N(CC(=O)c2ccc(CNC(C)=O)s2)C1=O. The number of halogens is 1. The second kappa shape index (κ2) is 8.34. The zero-order valence-electron chi connectivity index (χ0n) is 16.0. The number of amides is 4. The lowest BCUT2D eigenvalue weighted by molar-refractivity contribution is -0.131. The Balaban J connectivity index is 1.77. The van der Waals surface area contributed by atoms with Gasteiger partial charge in [-0.3, -0.25) is 19.3 Å². The number of imide groups is 1. The van der Waals surface area contributed by atoms with Crippen LogP contribution >= 0.6 is 22.9 Å². The van der Waals surface area contributed by atoms with Crippen molar-refractivity contribution < 1.29 is 19.2 Å². The number of benzene rings is 1. The van der Waals surface area contributed by atoms with Crippen LogP contribution in [-0.4, -0.2) is 35.1 Å². The summed E-state index contributed by atoms with van der Waals surface area (Å²) >= 11 is 7.15. The highest BCUT2D eigenvalue weighted by atomic mass is 35.5. The van der Waals surface area contributed by atoms with Crippen LogP contribution in [0.25, 0.3) is 0 Å². The molecule has 9 heteroatoms. The molecule has 2 N–H and O–H groups in total. The van der Waals surface area contributed by atoms with E-state index in [9.17, 15) is 19.2 Å². The maximum Gasteiger partial charge on any atom is 0.325 e. The lowest BCUT2D eigenvalue weighted by Crippen LogP contribution is -2.43. The Kier molecular flexibility index (Phi) is 6.04. The molecular formula is C20H20ClN3O4S. The number of hydrogen-bond acceptors (Lipinski definition) is 5. The topological polar surface area (TPSA) is 95.6 Å². The first kappa shape index (κ1) is 21.0. The summed E-state index contributed by atoms with van der Waals surface area (Å²) in [5.74, 6) is -0.963. The molecular weight excluding hydrogens is 414 g/mol. The minimum atomic E-state index is -1.21. The number of hydrogen-bond donors (Lipinski definition) is 2. The average Bonchev–Trinajstić information content (AvgIpc) is 3.26. The maximum atomic E-state index is 13.1. The molecule has 1 aliphatic rings. The Labute approximate surface area is 177 Å². The number of rotatable bonds is 7. The first-order valence-electron chi connectivity index (χ1n) is 9.03. The van der Waals surface area contributed by atoms with Crippen LogP contribution in [0.3, 0.4) is 0 Å². The molecule has 1 atom stereocenters. The molecule has 1 unspecified atom stereocenters. The van der Waals surface area contributed by atoms with Crippen LogP contribution in [0.2, 0.25) is 5.02 Å². The molecule has 3 rings (SSSR count). The van der Waals surface area contributed by atoms with E-state index in [4.69, 9.17) is 11.6 Å². The highest BCUT2D eigenvalue weighted by Crippen LogP contribution is 2.33. The summed E-state index contributed by atoms with van der Waals surface area (Å²) in [7, 11) is 0. The molecule has 29 heavy (non-hydrogen) atoms. The number of ketones is 1. The summed E-state index contributed by atoms with van der Waals surface area (Å²) in [6.07, 6.45) is 0.337. The summed E-state index contributed by atoms with van der Waals surface area (Å²) in [6, 6.07) is 9.48. The number of thiophene rings is 1. The van der Waals surface area contributed by atoms with Gasteiger partial charge in [0.15, 0.2) is 5.78 Å². The molecule has 1 fully saturated rings. The van der Waals surface area contributed by atoms with Crippen molar-refractivity contribution in [2.75, 3.05) is 6.54 Å². The van der Waals surface area contributed by atoms with E-state index in [-0.39, 0.29) is 18.2 Å². The Morgan fingerprint density at radius 3 is 2.48 bits per heavy atom. The van der Waals surface area contributed by atoms with Gasteiger partial charge in [-0.05, 0) is 36.2 Å². The first-order chi connectivity index (χ1) is 13.8. The second-order valence-corrected chi connectivity index (χ2v) is 8.29. The molecule has 152 valence electrons. The smallest absolute Gasteiger partial charge is 0.325 e. The number of carbonyl (C=O) groups excluding carboxylic acids is 4. The van der Waals surface area contributed by atoms with Crippen molar-refractivity contribution in [3.05, 3.63) is 56.7 Å². The van der Waals surface area contributed by atoms with Gasteiger partial charge >= 0.3 is 6.03 Å². The van der Waals surface area contributed by atoms with Crippen molar-refractivity contribution in [3.8, 4) is 0 Å². The molecule has 2 heterocycles. The van der Waals surface area contributed by atoms with Crippen molar-refractivity contribution in [3.63, 3.8) is 0 Å². The van der Waals surface area contributed by atoms with Gasteiger partial charge in [0.25, 0.3) is 5.91 Å². The first-order valence-corrected chi connectivity index (χ1v) is 10.2. The third-order valence-electron chi connectivity index (χ3n) is 4.79. The summed E-state index contributed by atoms with van der Waals surface area (Å²) in [5.41, 5.74) is -0.597. The van der Waals surface area contributed by atoms with Gasteiger partial charge in [0.05, 0.1) is 18.0 Å². The predicted octanol–water partition coefficient (Wildman–Crippen LogP) is 3.08. The van der Waals surface area contributed by atoms with E-state index in [1.807, 2.05) is 0 Å². The van der Waals surface area contributed by atoms with Gasteiger partial charge in [-0.2, -0.15) is 0 Å². The van der Waals surface area contributed by atoms with E-state index in [1.165, 1.54) is 18.3 Å². The molecule has 0 aliphatic carbocycles. The zero-order chi connectivity index (χ0) is 21.2. The van der Waals surface area contributed by atoms with Crippen LogP contribution in [-0.2, 0) is 21.7 Å². The quantitative estimate of drug-likeness (QED) is 0.518. The zero-order valence-corrected chi connectivity index (χ0v) is 17.5. The van der Waals surface area contributed by atoms with E-state index in [2.05, 4.69) is 10.6 Å². The number of carbonyl (C=O) groups is 4. The van der Waals surface area contributed by atoms with Crippen LogP contribution in [0.4, 0.5) is 4.79 Å². The van der Waals surface area contributed by atoms with Crippen molar-refractivity contribution in [2.24, 2.45) is 0 Å². The van der Waals surface area contributed by atoms with E-state index in [1.54, 1.807) is 43.3 Å². The van der Waals surface area contributed by atoms with Gasteiger partial charge in [-0.25, -0.2) is 4.79 Å². The van der Waals surface area contributed by atoms with Crippen molar-refractivity contribution in [1.82, 2.24) is 15.5 Å². The number of Topliss-reactive ketones (excluding diaryl/α,β-unsaturated/α-hetero) is 1. The Bertz CT molecular complexity index is 972. The van der Waals surface area contributed by atoms with Crippen LogP contribution in [0.5, 0.6) is 0 Å². The molecule has 4 amide bonds. The van der Waals surface area contributed by atoms with Gasteiger partial charge in [0.1, 0.15) is 5.54 Å². The van der Waals surface area contributed by atoms with Crippen LogP contribution in [0.1, 0.15) is 40.4 Å². The van der Waals surface area contributed by atoms with E-state index >= 15 is 0 Å². The third kappa shape index (κ3) is 4.18. The monoisotopic (exact) mass is 433 g/mol. The molecule has 7 nitrogen and oxygen atoms in total. The molecule has 2 aromatic rings. The number of nitrogens with one attached hydrogen (secondary N) is 2. The van der Waals surface area contributed by atoms with E-state index in [0.29, 0.717) is 28.4 Å². The molecule has 0 bridgehead atoms. The van der Waals surface area contributed by atoms with Crippen LogP contribution in [0.15, 0.2) is 36.4 Å². The molecule has 0 radical (unpaired) electrons. The molecule has 1 aliphatic heterocycles. The Morgan fingerprint density at radius 2 is 1.86 bits per heavy atom. The standard InChI is InChI=1S/C20H20ClN3O4S/c1-3-20(13-4-6-14(21)7-5-13)18(27)24(19(28)23-20)11-16(26)17-9-8-15(29-17)10-22-12(2)25/h4-9H,3,10-11H2,1-2H3,(H,22,25)(H,23,28). The van der Waals surface area contributed by atoms with Gasteiger partial charge in [-0.15, -0.1) is 11.3 Å². The minimum absolute atomic E-state index is 0.163. The van der Waals surface area contributed by atoms with Crippen LogP contribution in [0, 0.1) is 0 Å². The van der Waals surface area contributed by atoms with Gasteiger partial charge in [-0.1, -0.05) is 30.7 Å². The highest BCUT2D eigenvalue weighted by Gasteiger charge is 2.51. The summed E-state index contributed by atoms with van der Waals surface area (Å²) in [5, 5.41) is 5.93. The predicted molar refractivity (Wildman–Crippen MR) is 110 cm³/mol. The fourth-order valence-electron chi connectivity index (χ4n) is 3.20. The third-order valence-corrected chi connectivity index (χ3v) is 6.17. The highest BCUT2D eigenvalue weighted by molar-refractivity contribution is 7.14. The molecule has 0 saturated carbocycles. The average molecular weight is 434 g/mol. The number of nitrogens with zero attached hydrogens (tertiary/aromatic N) is 1. The fraction of sp³-hybridized carbons (Fsp3) is 0.300. The lowest BCUT2D eigenvalue weighted by Gasteiger charge is -2.25. The summed E-state index contributed by atoms with van der Waals surface area (Å²) in [4.78, 5) is 51.5. The van der Waals surface area contributed by atoms with Crippen molar-refractivity contribution >= 4 is 46.6 Å². The molecule has 0 spiro atoms. The normalized spacial score (nSPS) is 18.7. The molecule has 1 aromatic heterocycles. The van der Waals surface area contributed by atoms with E-state index in [0.717, 1.165) is 9.78 Å². The second-order valence-electron chi connectivity index (χ2n) is 6.69. The summed E-state index contributed by atoms with van der Waals surface area (Å²) < 4.78 is 0. The van der Waals surface area contributed by atoms with Gasteiger partial charge in [0, 0.05) is 16.8 Å². The Hall–Kier alpha value is -2.71. The molecule has 1 saturated heterocycles. The largest absolute Gasteiger partial charge is 0.351 e.